The molecule has 1 N–H and O–H groups in total. The van der Waals surface area contributed by atoms with Gasteiger partial charge in [-0.05, 0) is 37.3 Å². The number of alkyl halides is 1. The maximum Gasteiger partial charge on any atom is 0.186 e. The minimum absolute atomic E-state index is 0.116. The number of halogens is 1. The summed E-state index contributed by atoms with van der Waals surface area (Å²) in [7, 11) is -3.45. The lowest BCUT2D eigenvalue weighted by atomic mass is 9.97. The third kappa shape index (κ3) is 1.53. The number of hydrogen-bond acceptors (Lipinski definition) is 3. The highest BCUT2D eigenvalue weighted by atomic mass is 79.9. The lowest BCUT2D eigenvalue weighted by Gasteiger charge is -2.31. The molecule has 2 saturated carbocycles. The van der Waals surface area contributed by atoms with Gasteiger partial charge in [0.2, 0.25) is 0 Å². The number of aliphatic hydroxyl groups excluding tert-OH is 1. The fourth-order valence-corrected chi connectivity index (χ4v) is 6.49. The zero-order valence-electron chi connectivity index (χ0n) is 9.79. The topological polar surface area (TPSA) is 54.4 Å². The fraction of sp³-hybridized carbons (Fsp3) is 0.538. The van der Waals surface area contributed by atoms with Crippen molar-refractivity contribution in [1.82, 2.24) is 0 Å². The highest BCUT2D eigenvalue weighted by Gasteiger charge is 2.70. The van der Waals surface area contributed by atoms with Gasteiger partial charge in [-0.1, -0.05) is 34.1 Å². The lowest BCUT2D eigenvalue weighted by molar-refractivity contribution is 0.134. The van der Waals surface area contributed by atoms with Gasteiger partial charge in [0, 0.05) is 4.83 Å². The number of hydrogen-bond donors (Lipinski definition) is 1. The Morgan fingerprint density at radius 2 is 1.89 bits per heavy atom. The van der Waals surface area contributed by atoms with E-state index < -0.39 is 20.7 Å². The molecule has 98 valence electrons. The van der Waals surface area contributed by atoms with E-state index in [1.165, 1.54) is 0 Å². The smallest absolute Gasteiger partial charge is 0.186 e. The van der Waals surface area contributed by atoms with Crippen LogP contribution in [-0.4, -0.2) is 29.2 Å². The molecule has 4 atom stereocenters. The summed E-state index contributed by atoms with van der Waals surface area (Å²) in [4.78, 5) is 0.211. The van der Waals surface area contributed by atoms with E-state index >= 15 is 0 Å². The lowest BCUT2D eigenvalue weighted by Crippen LogP contribution is -2.46. The van der Waals surface area contributed by atoms with E-state index in [9.17, 15) is 13.5 Å². The molecule has 18 heavy (non-hydrogen) atoms. The Morgan fingerprint density at radius 3 is 2.56 bits per heavy atom. The van der Waals surface area contributed by atoms with Crippen LogP contribution in [-0.2, 0) is 9.84 Å². The molecule has 0 saturated heterocycles. The van der Waals surface area contributed by atoms with Crippen LogP contribution >= 0.6 is 15.9 Å². The van der Waals surface area contributed by atoms with Crippen molar-refractivity contribution < 1.29 is 13.5 Å². The summed E-state index contributed by atoms with van der Waals surface area (Å²) in [5.74, 6) is 0.117. The summed E-state index contributed by atoms with van der Waals surface area (Å²) < 4.78 is 24.5. The highest BCUT2D eigenvalue weighted by molar-refractivity contribution is 9.09. The first-order valence-electron chi connectivity index (χ1n) is 6.12. The molecule has 0 bridgehead atoms. The predicted molar refractivity (Wildman–Crippen MR) is 72.4 cm³/mol. The Hall–Kier alpha value is -0.390. The summed E-state index contributed by atoms with van der Waals surface area (Å²) in [5, 5.41) is 10.3. The van der Waals surface area contributed by atoms with E-state index in [4.69, 9.17) is 0 Å². The second kappa shape index (κ2) is 4.05. The van der Waals surface area contributed by atoms with Crippen LogP contribution in [0.2, 0.25) is 0 Å². The van der Waals surface area contributed by atoms with Gasteiger partial charge in [0.15, 0.2) is 9.84 Å². The van der Waals surface area contributed by atoms with E-state index in [1.807, 2.05) is 0 Å². The van der Waals surface area contributed by atoms with Crippen molar-refractivity contribution in [3.8, 4) is 0 Å². The molecule has 0 unspecified atom stereocenters. The number of sulfone groups is 1. The molecule has 2 aliphatic carbocycles. The zero-order valence-corrected chi connectivity index (χ0v) is 12.2. The second-order valence-corrected chi connectivity index (χ2v) is 8.63. The quantitative estimate of drug-likeness (QED) is 0.845. The maximum absolute atomic E-state index is 12.7. The van der Waals surface area contributed by atoms with Gasteiger partial charge < -0.3 is 5.11 Å². The molecule has 0 heterocycles. The minimum atomic E-state index is -3.45. The molecular weight excluding hydrogens is 316 g/mol. The van der Waals surface area contributed by atoms with E-state index in [-0.39, 0.29) is 10.7 Å². The van der Waals surface area contributed by atoms with Crippen LogP contribution in [0.1, 0.15) is 19.3 Å². The molecule has 2 fully saturated rings. The van der Waals surface area contributed by atoms with Crippen LogP contribution in [0.4, 0.5) is 0 Å². The van der Waals surface area contributed by atoms with Crippen molar-refractivity contribution in [3.63, 3.8) is 0 Å². The first kappa shape index (κ1) is 12.6. The van der Waals surface area contributed by atoms with Gasteiger partial charge in [0.1, 0.15) is 4.75 Å². The molecule has 3 nitrogen and oxygen atoms in total. The van der Waals surface area contributed by atoms with E-state index in [0.29, 0.717) is 11.3 Å². The Bertz CT molecular complexity index is 557. The molecule has 3 rings (SSSR count). The first-order valence-corrected chi connectivity index (χ1v) is 8.52. The molecular formula is C13H15BrO3S. The van der Waals surface area contributed by atoms with Crippen LogP contribution in [0.5, 0.6) is 0 Å². The van der Waals surface area contributed by atoms with Gasteiger partial charge >= 0.3 is 0 Å². The van der Waals surface area contributed by atoms with Gasteiger partial charge in [0.25, 0.3) is 0 Å². The number of rotatable bonds is 2. The number of aliphatic hydroxyl groups is 1. The van der Waals surface area contributed by atoms with Gasteiger partial charge in [0.05, 0.1) is 11.0 Å². The largest absolute Gasteiger partial charge is 0.390 e. The van der Waals surface area contributed by atoms with Crippen LogP contribution < -0.4 is 0 Å². The van der Waals surface area contributed by atoms with Crippen molar-refractivity contribution in [2.75, 3.05) is 0 Å². The molecule has 5 heteroatoms. The zero-order chi connectivity index (χ0) is 13.0. The van der Waals surface area contributed by atoms with E-state index in [1.54, 1.807) is 30.3 Å². The number of benzene rings is 1. The normalized spacial score (nSPS) is 39.1. The minimum Gasteiger partial charge on any atom is -0.390 e. The van der Waals surface area contributed by atoms with Gasteiger partial charge in [-0.25, -0.2) is 8.42 Å². The first-order chi connectivity index (χ1) is 8.50. The molecule has 0 aliphatic heterocycles. The highest BCUT2D eigenvalue weighted by Crippen LogP contribution is 2.61. The summed E-state index contributed by atoms with van der Waals surface area (Å²) in [5.41, 5.74) is 0. The average molecular weight is 331 g/mol. The Morgan fingerprint density at radius 1 is 1.22 bits per heavy atom. The summed E-state index contributed by atoms with van der Waals surface area (Å²) in [6.45, 7) is 0. The van der Waals surface area contributed by atoms with Crippen LogP contribution in [0.15, 0.2) is 35.2 Å². The summed E-state index contributed by atoms with van der Waals surface area (Å²) in [6.07, 6.45) is 1.51. The number of fused-ring (bicyclic) bond motifs is 1. The molecule has 0 radical (unpaired) electrons. The van der Waals surface area contributed by atoms with Crippen LogP contribution in [0.3, 0.4) is 0 Å². The van der Waals surface area contributed by atoms with Crippen molar-refractivity contribution in [2.45, 2.75) is 39.8 Å². The van der Waals surface area contributed by atoms with Gasteiger partial charge in [-0.15, -0.1) is 0 Å². The molecule has 0 aromatic heterocycles. The molecule has 2 aliphatic rings. The van der Waals surface area contributed by atoms with E-state index in [2.05, 4.69) is 15.9 Å². The molecule has 0 spiro atoms. The van der Waals surface area contributed by atoms with Crippen LogP contribution in [0, 0.1) is 5.92 Å². The van der Waals surface area contributed by atoms with E-state index in [0.717, 1.165) is 12.8 Å². The molecule has 1 aromatic carbocycles. The molecule has 1 aromatic rings. The average Bonchev–Trinajstić information content (AvgIpc) is 3.12. The third-order valence-electron chi connectivity index (χ3n) is 4.28. The second-order valence-electron chi connectivity index (χ2n) is 5.21. The Labute approximate surface area is 115 Å². The SMILES string of the molecule is O=S(=O)(c1ccccc1)[C@@]12C[C@@H]1CC[C@H](Br)[C@H]2O. The molecule has 0 amide bonds. The Kier molecular flexibility index (Phi) is 2.84. The predicted octanol–water partition coefficient (Wildman–Crippen LogP) is 2.14. The van der Waals surface area contributed by atoms with Crippen molar-refractivity contribution >= 4 is 25.8 Å². The standard InChI is InChI=1S/C13H15BrO3S/c14-11-7-6-9-8-13(9,12(11)15)18(16,17)10-4-2-1-3-5-10/h1-5,9,11-12,15H,6-8H2/t9-,11-,12+,13-/m0/s1. The Balaban J connectivity index is 2.05. The fourth-order valence-electron chi connectivity index (χ4n) is 3.17. The summed E-state index contributed by atoms with van der Waals surface area (Å²) >= 11 is 3.41. The third-order valence-corrected chi connectivity index (χ3v) is 7.88. The summed E-state index contributed by atoms with van der Waals surface area (Å²) in [6, 6.07) is 8.48. The monoisotopic (exact) mass is 330 g/mol. The van der Waals surface area contributed by atoms with Gasteiger partial charge in [-0.3, -0.25) is 0 Å². The van der Waals surface area contributed by atoms with Gasteiger partial charge in [-0.2, -0.15) is 0 Å². The van der Waals surface area contributed by atoms with Crippen LogP contribution in [0.25, 0.3) is 0 Å². The van der Waals surface area contributed by atoms with Crippen molar-refractivity contribution in [1.29, 1.82) is 0 Å². The van der Waals surface area contributed by atoms with Crippen molar-refractivity contribution in [2.24, 2.45) is 5.92 Å². The van der Waals surface area contributed by atoms with Crippen molar-refractivity contribution in [3.05, 3.63) is 30.3 Å². The maximum atomic E-state index is 12.7.